The molecule has 0 saturated carbocycles. The molecular formula is C9H4ClF3N2. The van der Waals surface area contributed by atoms with Crippen molar-refractivity contribution in [3.63, 3.8) is 0 Å². The lowest BCUT2D eigenvalue weighted by molar-refractivity contribution is -0.136. The number of para-hydroxylation sites is 1. The normalized spacial score (nSPS) is 12.0. The lowest BCUT2D eigenvalue weighted by Crippen LogP contribution is -2.06. The SMILES string of the molecule is FC(F)(F)c1cccc2c(Cl)ncnc12. The van der Waals surface area contributed by atoms with Crippen LogP contribution in [0.3, 0.4) is 0 Å². The highest BCUT2D eigenvalue weighted by Crippen LogP contribution is 2.34. The number of hydrogen-bond donors (Lipinski definition) is 0. The van der Waals surface area contributed by atoms with Gasteiger partial charge in [0, 0.05) is 5.39 Å². The molecule has 2 aromatic rings. The second-order valence-electron chi connectivity index (χ2n) is 2.86. The third-order valence-electron chi connectivity index (χ3n) is 1.92. The van der Waals surface area contributed by atoms with Gasteiger partial charge in [0.1, 0.15) is 11.5 Å². The third kappa shape index (κ3) is 1.74. The molecule has 2 nitrogen and oxygen atoms in total. The van der Waals surface area contributed by atoms with Crippen molar-refractivity contribution >= 4 is 22.5 Å². The highest BCUT2D eigenvalue weighted by Gasteiger charge is 2.33. The summed E-state index contributed by atoms with van der Waals surface area (Å²) < 4.78 is 37.6. The second-order valence-corrected chi connectivity index (χ2v) is 3.22. The van der Waals surface area contributed by atoms with Gasteiger partial charge in [-0.3, -0.25) is 0 Å². The second kappa shape index (κ2) is 3.34. The Morgan fingerprint density at radius 1 is 1.13 bits per heavy atom. The van der Waals surface area contributed by atoms with Crippen LogP contribution in [0.2, 0.25) is 5.15 Å². The molecule has 6 heteroatoms. The Balaban J connectivity index is 2.83. The smallest absolute Gasteiger partial charge is 0.236 e. The molecule has 0 aliphatic heterocycles. The van der Waals surface area contributed by atoms with Crippen LogP contribution in [-0.2, 0) is 6.18 Å². The summed E-state index contributed by atoms with van der Waals surface area (Å²) in [4.78, 5) is 7.21. The minimum Gasteiger partial charge on any atom is -0.236 e. The van der Waals surface area contributed by atoms with Gasteiger partial charge in [-0.05, 0) is 12.1 Å². The maximum atomic E-state index is 12.5. The summed E-state index contributed by atoms with van der Waals surface area (Å²) >= 11 is 5.66. The Labute approximate surface area is 87.7 Å². The molecule has 0 radical (unpaired) electrons. The Bertz CT molecular complexity index is 510. The monoisotopic (exact) mass is 232 g/mol. The molecule has 0 aliphatic carbocycles. The molecule has 2 rings (SSSR count). The maximum absolute atomic E-state index is 12.5. The molecule has 1 aromatic carbocycles. The van der Waals surface area contributed by atoms with E-state index in [9.17, 15) is 13.2 Å². The van der Waals surface area contributed by atoms with E-state index in [1.165, 1.54) is 12.1 Å². The van der Waals surface area contributed by atoms with Crippen LogP contribution in [0.5, 0.6) is 0 Å². The van der Waals surface area contributed by atoms with Gasteiger partial charge in [-0.15, -0.1) is 0 Å². The van der Waals surface area contributed by atoms with Crippen LogP contribution < -0.4 is 0 Å². The van der Waals surface area contributed by atoms with Gasteiger partial charge in [-0.25, -0.2) is 9.97 Å². The Hall–Kier alpha value is -1.36. The molecule has 0 fully saturated rings. The molecule has 0 aliphatic rings. The summed E-state index contributed by atoms with van der Waals surface area (Å²) in [5, 5.41) is 0.222. The standard InChI is InChI=1S/C9H4ClF3N2/c10-8-5-2-1-3-6(9(11,12)13)7(5)14-4-15-8/h1-4H. The average molecular weight is 233 g/mol. The minimum atomic E-state index is -4.43. The van der Waals surface area contributed by atoms with Gasteiger partial charge >= 0.3 is 6.18 Å². The molecule has 1 aromatic heterocycles. The lowest BCUT2D eigenvalue weighted by atomic mass is 10.1. The molecule has 78 valence electrons. The lowest BCUT2D eigenvalue weighted by Gasteiger charge is -2.09. The van der Waals surface area contributed by atoms with Crippen molar-refractivity contribution < 1.29 is 13.2 Å². The zero-order chi connectivity index (χ0) is 11.1. The summed E-state index contributed by atoms with van der Waals surface area (Å²) in [7, 11) is 0. The minimum absolute atomic E-state index is 0.0195. The van der Waals surface area contributed by atoms with Crippen LogP contribution in [-0.4, -0.2) is 9.97 Å². The quantitative estimate of drug-likeness (QED) is 0.652. The fraction of sp³-hybridized carbons (Fsp3) is 0.111. The first-order valence-electron chi connectivity index (χ1n) is 3.96. The molecule has 0 unspecified atom stereocenters. The number of alkyl halides is 3. The van der Waals surface area contributed by atoms with Crippen molar-refractivity contribution in [2.75, 3.05) is 0 Å². The first kappa shape index (κ1) is 10.2. The molecule has 0 saturated heterocycles. The summed E-state index contributed by atoms with van der Waals surface area (Å²) in [6.07, 6.45) is -3.42. The van der Waals surface area contributed by atoms with Crippen molar-refractivity contribution in [3.05, 3.63) is 35.2 Å². The van der Waals surface area contributed by atoms with E-state index < -0.39 is 11.7 Å². The fourth-order valence-corrected chi connectivity index (χ4v) is 1.48. The van der Waals surface area contributed by atoms with E-state index in [1.54, 1.807) is 0 Å². The number of rotatable bonds is 0. The van der Waals surface area contributed by atoms with Gasteiger partial charge < -0.3 is 0 Å². The number of hydrogen-bond acceptors (Lipinski definition) is 2. The van der Waals surface area contributed by atoms with Gasteiger partial charge in [-0.2, -0.15) is 13.2 Å². The summed E-state index contributed by atoms with van der Waals surface area (Å²) in [6.45, 7) is 0. The molecule has 1 heterocycles. The molecule has 0 bridgehead atoms. The molecule has 0 atom stereocenters. The molecule has 15 heavy (non-hydrogen) atoms. The van der Waals surface area contributed by atoms with E-state index in [2.05, 4.69) is 9.97 Å². The topological polar surface area (TPSA) is 25.8 Å². The molecule has 0 amide bonds. The van der Waals surface area contributed by atoms with E-state index in [0.29, 0.717) is 0 Å². The number of halogens is 4. The molecular weight excluding hydrogens is 229 g/mol. The summed E-state index contributed by atoms with van der Waals surface area (Å²) in [5.74, 6) is 0. The number of benzene rings is 1. The molecule has 0 spiro atoms. The van der Waals surface area contributed by atoms with Crippen molar-refractivity contribution in [1.82, 2.24) is 9.97 Å². The van der Waals surface area contributed by atoms with E-state index in [-0.39, 0.29) is 16.1 Å². The highest BCUT2D eigenvalue weighted by atomic mass is 35.5. The van der Waals surface area contributed by atoms with Crippen molar-refractivity contribution in [3.8, 4) is 0 Å². The Morgan fingerprint density at radius 3 is 2.53 bits per heavy atom. The van der Waals surface area contributed by atoms with Crippen LogP contribution in [0.4, 0.5) is 13.2 Å². The van der Waals surface area contributed by atoms with E-state index in [1.807, 2.05) is 0 Å². The predicted molar refractivity (Wildman–Crippen MR) is 49.6 cm³/mol. The van der Waals surface area contributed by atoms with Crippen molar-refractivity contribution in [2.45, 2.75) is 6.18 Å². The van der Waals surface area contributed by atoms with Crippen LogP contribution in [0, 0.1) is 0 Å². The number of fused-ring (bicyclic) bond motifs is 1. The van der Waals surface area contributed by atoms with Gasteiger partial charge in [0.25, 0.3) is 0 Å². The first-order valence-corrected chi connectivity index (χ1v) is 4.34. The molecule has 0 N–H and O–H groups in total. The van der Waals surface area contributed by atoms with E-state index >= 15 is 0 Å². The van der Waals surface area contributed by atoms with Crippen LogP contribution in [0.1, 0.15) is 5.56 Å². The fourth-order valence-electron chi connectivity index (χ4n) is 1.28. The summed E-state index contributed by atoms with van der Waals surface area (Å²) in [5.41, 5.74) is -0.977. The van der Waals surface area contributed by atoms with Gasteiger partial charge in [0.2, 0.25) is 0 Å². The van der Waals surface area contributed by atoms with Gasteiger partial charge in [0.05, 0.1) is 11.1 Å². The highest BCUT2D eigenvalue weighted by molar-refractivity contribution is 6.34. The maximum Gasteiger partial charge on any atom is 0.418 e. The number of nitrogens with zero attached hydrogens (tertiary/aromatic N) is 2. The zero-order valence-corrected chi connectivity index (χ0v) is 7.97. The summed E-state index contributed by atoms with van der Waals surface area (Å²) in [6, 6.07) is 3.69. The third-order valence-corrected chi connectivity index (χ3v) is 2.22. The van der Waals surface area contributed by atoms with Crippen LogP contribution in [0.15, 0.2) is 24.5 Å². The average Bonchev–Trinajstić information content (AvgIpc) is 2.16. The largest absolute Gasteiger partial charge is 0.418 e. The van der Waals surface area contributed by atoms with Gasteiger partial charge in [0.15, 0.2) is 0 Å². The van der Waals surface area contributed by atoms with Gasteiger partial charge in [-0.1, -0.05) is 17.7 Å². The number of aromatic nitrogens is 2. The van der Waals surface area contributed by atoms with Crippen molar-refractivity contribution in [1.29, 1.82) is 0 Å². The van der Waals surface area contributed by atoms with Crippen LogP contribution in [0.25, 0.3) is 10.9 Å². The van der Waals surface area contributed by atoms with E-state index in [0.717, 1.165) is 12.4 Å². The Kier molecular flexibility index (Phi) is 2.26. The Morgan fingerprint density at radius 2 is 1.87 bits per heavy atom. The zero-order valence-electron chi connectivity index (χ0n) is 7.22. The van der Waals surface area contributed by atoms with Crippen molar-refractivity contribution in [2.24, 2.45) is 0 Å². The van der Waals surface area contributed by atoms with E-state index in [4.69, 9.17) is 11.6 Å². The predicted octanol–water partition coefficient (Wildman–Crippen LogP) is 3.30. The van der Waals surface area contributed by atoms with Crippen LogP contribution >= 0.6 is 11.6 Å². The first-order chi connectivity index (χ1) is 7.00.